The normalized spacial score (nSPS) is 15.1. The molecule has 152 valence electrons. The van der Waals surface area contributed by atoms with Crippen LogP contribution in [-0.4, -0.2) is 40.4 Å². The average Bonchev–Trinajstić information content (AvgIpc) is 2.93. The van der Waals surface area contributed by atoms with Crippen LogP contribution in [0.25, 0.3) is 5.69 Å². The Morgan fingerprint density at radius 2 is 1.66 bits per heavy atom. The predicted molar refractivity (Wildman–Crippen MR) is 115 cm³/mol. The van der Waals surface area contributed by atoms with Gasteiger partial charge in [-0.25, -0.2) is 9.07 Å². The molecule has 4 rings (SSSR count). The van der Waals surface area contributed by atoms with Crippen molar-refractivity contribution < 1.29 is 4.39 Å². The standard InChI is InChI=1S/C22H24ClFN4O/c1-16-5-3-4-6-19(16)27-13-11-26(12-14-27)15-20-21(23)22(29)28(25(20)2)18-9-7-17(24)8-10-18/h3-10H,11-15H2,1-2H3. The molecule has 2 aromatic carbocycles. The maximum Gasteiger partial charge on any atom is 0.290 e. The van der Waals surface area contributed by atoms with Gasteiger partial charge < -0.3 is 4.90 Å². The van der Waals surface area contributed by atoms with E-state index < -0.39 is 0 Å². The van der Waals surface area contributed by atoms with E-state index in [0.717, 1.165) is 31.9 Å². The molecule has 5 nitrogen and oxygen atoms in total. The fourth-order valence-corrected chi connectivity index (χ4v) is 4.20. The zero-order valence-corrected chi connectivity index (χ0v) is 17.4. The van der Waals surface area contributed by atoms with Crippen LogP contribution < -0.4 is 10.5 Å². The van der Waals surface area contributed by atoms with Crippen molar-refractivity contribution in [2.75, 3.05) is 31.1 Å². The number of aryl methyl sites for hydroxylation is 1. The molecule has 0 atom stereocenters. The lowest BCUT2D eigenvalue weighted by Gasteiger charge is -2.36. The molecule has 3 aromatic rings. The van der Waals surface area contributed by atoms with Gasteiger partial charge in [0.25, 0.3) is 5.56 Å². The van der Waals surface area contributed by atoms with E-state index in [1.54, 1.807) is 16.8 Å². The van der Waals surface area contributed by atoms with Gasteiger partial charge in [-0.1, -0.05) is 29.8 Å². The fourth-order valence-electron chi connectivity index (χ4n) is 3.94. The van der Waals surface area contributed by atoms with E-state index in [0.29, 0.717) is 12.2 Å². The largest absolute Gasteiger partial charge is 0.369 e. The topological polar surface area (TPSA) is 33.4 Å². The third-order valence-electron chi connectivity index (χ3n) is 5.60. The Bertz CT molecular complexity index is 1070. The molecule has 1 fully saturated rings. The van der Waals surface area contributed by atoms with Crippen LogP contribution in [0.2, 0.25) is 5.02 Å². The number of rotatable bonds is 4. The van der Waals surface area contributed by atoms with Gasteiger partial charge >= 0.3 is 0 Å². The SMILES string of the molecule is Cc1ccccc1N1CCN(Cc2c(Cl)c(=O)n(-c3ccc(F)cc3)n2C)CC1. The number of hydrogen-bond donors (Lipinski definition) is 0. The summed E-state index contributed by atoms with van der Waals surface area (Å²) in [5.41, 5.74) is 3.64. The van der Waals surface area contributed by atoms with Crippen LogP contribution in [0.5, 0.6) is 0 Å². The number of aromatic nitrogens is 2. The molecule has 1 aliphatic heterocycles. The second kappa shape index (κ2) is 8.05. The summed E-state index contributed by atoms with van der Waals surface area (Å²) in [7, 11) is 1.82. The molecule has 7 heteroatoms. The third-order valence-corrected chi connectivity index (χ3v) is 5.98. The van der Waals surface area contributed by atoms with E-state index in [9.17, 15) is 9.18 Å². The van der Waals surface area contributed by atoms with Crippen LogP contribution in [0.3, 0.4) is 0 Å². The van der Waals surface area contributed by atoms with Crippen LogP contribution in [-0.2, 0) is 13.6 Å². The molecule has 1 aliphatic rings. The average molecular weight is 415 g/mol. The molecule has 0 saturated carbocycles. The van der Waals surface area contributed by atoms with Crippen LogP contribution in [0.4, 0.5) is 10.1 Å². The lowest BCUT2D eigenvalue weighted by Crippen LogP contribution is -2.46. The van der Waals surface area contributed by atoms with Gasteiger partial charge in [-0.05, 0) is 42.8 Å². The maximum atomic E-state index is 13.2. The van der Waals surface area contributed by atoms with Crippen molar-refractivity contribution in [3.63, 3.8) is 0 Å². The minimum absolute atomic E-state index is 0.221. The van der Waals surface area contributed by atoms with Gasteiger partial charge in [0.15, 0.2) is 0 Å². The molecule has 0 aliphatic carbocycles. The molecule has 0 amide bonds. The van der Waals surface area contributed by atoms with Gasteiger partial charge in [0.1, 0.15) is 10.8 Å². The van der Waals surface area contributed by atoms with E-state index in [4.69, 9.17) is 11.6 Å². The molecule has 0 spiro atoms. The van der Waals surface area contributed by atoms with E-state index in [1.165, 1.54) is 28.1 Å². The number of para-hydroxylation sites is 1. The highest BCUT2D eigenvalue weighted by atomic mass is 35.5. The number of benzene rings is 2. The van der Waals surface area contributed by atoms with Gasteiger partial charge in [0.05, 0.1) is 11.4 Å². The zero-order chi connectivity index (χ0) is 20.5. The first-order valence-electron chi connectivity index (χ1n) is 9.71. The fraction of sp³-hybridized carbons (Fsp3) is 0.318. The minimum atomic E-state index is -0.339. The summed E-state index contributed by atoms with van der Waals surface area (Å²) >= 11 is 6.40. The Morgan fingerprint density at radius 1 is 1.00 bits per heavy atom. The molecule has 0 N–H and O–H groups in total. The first-order valence-corrected chi connectivity index (χ1v) is 10.1. The summed E-state index contributed by atoms with van der Waals surface area (Å²) in [5, 5.41) is 0.221. The lowest BCUT2D eigenvalue weighted by atomic mass is 10.1. The highest BCUT2D eigenvalue weighted by molar-refractivity contribution is 6.31. The van der Waals surface area contributed by atoms with Gasteiger partial charge in [-0.15, -0.1) is 0 Å². The van der Waals surface area contributed by atoms with Crippen molar-refractivity contribution in [2.24, 2.45) is 7.05 Å². The summed E-state index contributed by atoms with van der Waals surface area (Å²) in [5.74, 6) is -0.339. The Hall–Kier alpha value is -2.57. The summed E-state index contributed by atoms with van der Waals surface area (Å²) in [6.07, 6.45) is 0. The van der Waals surface area contributed by atoms with Gasteiger partial charge in [0.2, 0.25) is 0 Å². The predicted octanol–water partition coefficient (Wildman–Crippen LogP) is 3.60. The number of anilines is 1. The Kier molecular flexibility index (Phi) is 5.48. The Labute approximate surface area is 174 Å². The second-order valence-electron chi connectivity index (χ2n) is 7.43. The first-order chi connectivity index (χ1) is 14.0. The quantitative estimate of drug-likeness (QED) is 0.654. The smallest absolute Gasteiger partial charge is 0.290 e. The van der Waals surface area contributed by atoms with Crippen molar-refractivity contribution in [3.05, 3.63) is 81.0 Å². The van der Waals surface area contributed by atoms with Crippen LogP contribution in [0.1, 0.15) is 11.3 Å². The summed E-state index contributed by atoms with van der Waals surface area (Å²) in [4.78, 5) is 17.4. The monoisotopic (exact) mass is 414 g/mol. The van der Waals surface area contributed by atoms with Crippen molar-refractivity contribution in [1.82, 2.24) is 14.3 Å². The molecular formula is C22H24ClFN4O. The zero-order valence-electron chi connectivity index (χ0n) is 16.6. The number of nitrogens with zero attached hydrogens (tertiary/aromatic N) is 4. The molecule has 2 heterocycles. The molecule has 0 radical (unpaired) electrons. The van der Waals surface area contributed by atoms with E-state index >= 15 is 0 Å². The van der Waals surface area contributed by atoms with E-state index in [-0.39, 0.29) is 16.4 Å². The highest BCUT2D eigenvalue weighted by Gasteiger charge is 2.23. The molecular weight excluding hydrogens is 391 g/mol. The van der Waals surface area contributed by atoms with E-state index in [1.807, 2.05) is 7.05 Å². The summed E-state index contributed by atoms with van der Waals surface area (Å²) in [6.45, 7) is 6.36. The second-order valence-corrected chi connectivity index (χ2v) is 7.81. The minimum Gasteiger partial charge on any atom is -0.369 e. The van der Waals surface area contributed by atoms with Crippen molar-refractivity contribution >= 4 is 17.3 Å². The highest BCUT2D eigenvalue weighted by Crippen LogP contribution is 2.22. The Balaban J connectivity index is 1.51. The van der Waals surface area contributed by atoms with Crippen molar-refractivity contribution in [1.29, 1.82) is 0 Å². The summed E-state index contributed by atoms with van der Waals surface area (Å²) < 4.78 is 16.5. The number of hydrogen-bond acceptors (Lipinski definition) is 3. The number of halogens is 2. The number of piperazine rings is 1. The molecule has 0 bridgehead atoms. The van der Waals surface area contributed by atoms with Crippen molar-refractivity contribution in [3.8, 4) is 5.69 Å². The maximum absolute atomic E-state index is 13.2. The lowest BCUT2D eigenvalue weighted by molar-refractivity contribution is 0.243. The summed E-state index contributed by atoms with van der Waals surface area (Å²) in [6, 6.07) is 14.3. The molecule has 29 heavy (non-hydrogen) atoms. The van der Waals surface area contributed by atoms with Gasteiger partial charge in [0, 0.05) is 45.5 Å². The first kappa shape index (κ1) is 19.7. The Morgan fingerprint density at radius 3 is 2.31 bits per heavy atom. The van der Waals surface area contributed by atoms with Crippen LogP contribution >= 0.6 is 11.6 Å². The van der Waals surface area contributed by atoms with Gasteiger partial charge in [-0.3, -0.25) is 14.4 Å². The third kappa shape index (κ3) is 3.82. The van der Waals surface area contributed by atoms with Crippen LogP contribution in [0.15, 0.2) is 53.3 Å². The molecule has 0 unspecified atom stereocenters. The van der Waals surface area contributed by atoms with Crippen molar-refractivity contribution in [2.45, 2.75) is 13.5 Å². The molecule has 1 aromatic heterocycles. The molecule has 1 saturated heterocycles. The van der Waals surface area contributed by atoms with E-state index in [2.05, 4.69) is 41.0 Å². The van der Waals surface area contributed by atoms with Crippen LogP contribution in [0, 0.1) is 12.7 Å². The van der Waals surface area contributed by atoms with Gasteiger partial charge in [-0.2, -0.15) is 0 Å².